The van der Waals surface area contributed by atoms with E-state index in [1.165, 1.54) is 0 Å². The fraction of sp³-hybridized carbons (Fsp3) is 0.462. The molecule has 0 saturated carbocycles. The van der Waals surface area contributed by atoms with E-state index in [1.54, 1.807) is 0 Å². The van der Waals surface area contributed by atoms with Crippen LogP contribution in [0.5, 0.6) is 0 Å². The molecule has 15 heavy (non-hydrogen) atoms. The van der Waals surface area contributed by atoms with Crippen molar-refractivity contribution in [1.29, 1.82) is 0 Å². The van der Waals surface area contributed by atoms with Gasteiger partial charge in [0.05, 0.1) is 0 Å². The first-order valence-electron chi connectivity index (χ1n) is 5.41. The summed E-state index contributed by atoms with van der Waals surface area (Å²) in [5.74, 6) is 0.0827. The Morgan fingerprint density at radius 2 is 1.87 bits per heavy atom. The van der Waals surface area contributed by atoms with E-state index >= 15 is 0 Å². The van der Waals surface area contributed by atoms with Crippen LogP contribution in [0.15, 0.2) is 24.3 Å². The van der Waals surface area contributed by atoms with E-state index in [4.69, 9.17) is 4.74 Å². The maximum Gasteiger partial charge on any atom is 0.191 e. The van der Waals surface area contributed by atoms with Crippen molar-refractivity contribution in [2.24, 2.45) is 0 Å². The van der Waals surface area contributed by atoms with Crippen molar-refractivity contribution in [2.75, 3.05) is 6.61 Å². The maximum atomic E-state index is 12.0. The smallest absolute Gasteiger partial charge is 0.191 e. The van der Waals surface area contributed by atoms with Gasteiger partial charge in [0.25, 0.3) is 0 Å². The highest BCUT2D eigenvalue weighted by Crippen LogP contribution is 2.10. The first-order valence-corrected chi connectivity index (χ1v) is 5.41. The van der Waals surface area contributed by atoms with Gasteiger partial charge in [-0.3, -0.25) is 4.79 Å². The molecule has 0 aliphatic heterocycles. The molecule has 0 aliphatic rings. The number of benzene rings is 1. The predicted octanol–water partition coefficient (Wildman–Crippen LogP) is 2.99. The minimum Gasteiger partial charge on any atom is -0.370 e. The summed E-state index contributed by atoms with van der Waals surface area (Å²) in [7, 11) is 0. The Hall–Kier alpha value is -1.15. The first kappa shape index (κ1) is 11.9. The predicted molar refractivity (Wildman–Crippen MR) is 61.2 cm³/mol. The summed E-state index contributed by atoms with van der Waals surface area (Å²) in [5, 5.41) is 0. The lowest BCUT2D eigenvalue weighted by Crippen LogP contribution is -2.23. The second-order valence-electron chi connectivity index (χ2n) is 3.58. The Bertz CT molecular complexity index is 314. The van der Waals surface area contributed by atoms with E-state index in [0.29, 0.717) is 6.61 Å². The molecule has 0 saturated heterocycles. The molecule has 0 spiro atoms. The molecule has 0 N–H and O–H groups in total. The number of hydrogen-bond acceptors (Lipinski definition) is 2. The summed E-state index contributed by atoms with van der Waals surface area (Å²) in [6.45, 7) is 6.46. The van der Waals surface area contributed by atoms with Gasteiger partial charge in [-0.25, -0.2) is 0 Å². The topological polar surface area (TPSA) is 26.3 Å². The molecule has 1 unspecified atom stereocenters. The molecule has 2 heteroatoms. The Labute approximate surface area is 91.3 Å². The Kier molecular flexibility index (Phi) is 4.50. The maximum absolute atomic E-state index is 12.0. The van der Waals surface area contributed by atoms with Crippen molar-refractivity contribution in [3.8, 4) is 0 Å². The standard InChI is InChI=1S/C13H18O2/c1-4-12(15-5-2)13(14)11-8-6-10(3)7-9-11/h6-9,12H,4-5H2,1-3H3. The Morgan fingerprint density at radius 1 is 1.27 bits per heavy atom. The SMILES string of the molecule is CCOC(CC)C(=O)c1ccc(C)cc1. The van der Waals surface area contributed by atoms with Crippen molar-refractivity contribution in [3.05, 3.63) is 35.4 Å². The van der Waals surface area contributed by atoms with Crippen LogP contribution in [0.3, 0.4) is 0 Å². The van der Waals surface area contributed by atoms with Crippen molar-refractivity contribution < 1.29 is 9.53 Å². The van der Waals surface area contributed by atoms with Crippen molar-refractivity contribution >= 4 is 5.78 Å². The van der Waals surface area contributed by atoms with Crippen LogP contribution in [0.1, 0.15) is 36.2 Å². The highest BCUT2D eigenvalue weighted by Gasteiger charge is 2.17. The molecule has 1 aromatic carbocycles. The fourth-order valence-electron chi connectivity index (χ4n) is 1.48. The average molecular weight is 206 g/mol. The molecule has 0 aliphatic carbocycles. The lowest BCUT2D eigenvalue weighted by Gasteiger charge is -2.13. The summed E-state index contributed by atoms with van der Waals surface area (Å²) < 4.78 is 5.39. The molecule has 82 valence electrons. The quantitative estimate of drug-likeness (QED) is 0.692. The monoisotopic (exact) mass is 206 g/mol. The second-order valence-corrected chi connectivity index (χ2v) is 3.58. The summed E-state index contributed by atoms with van der Waals surface area (Å²) in [6, 6.07) is 7.62. The number of aryl methyl sites for hydroxylation is 1. The van der Waals surface area contributed by atoms with Crippen molar-refractivity contribution in [2.45, 2.75) is 33.3 Å². The van der Waals surface area contributed by atoms with Crippen molar-refractivity contribution in [1.82, 2.24) is 0 Å². The van der Waals surface area contributed by atoms with Gasteiger partial charge >= 0.3 is 0 Å². The van der Waals surface area contributed by atoms with Crippen LogP contribution in [0.25, 0.3) is 0 Å². The average Bonchev–Trinajstić information content (AvgIpc) is 2.26. The van der Waals surface area contributed by atoms with Crippen LogP contribution < -0.4 is 0 Å². The van der Waals surface area contributed by atoms with E-state index in [2.05, 4.69) is 0 Å². The number of hydrogen-bond donors (Lipinski definition) is 0. The van der Waals surface area contributed by atoms with E-state index in [-0.39, 0.29) is 11.9 Å². The van der Waals surface area contributed by atoms with Gasteiger partial charge in [0, 0.05) is 12.2 Å². The number of rotatable bonds is 5. The van der Waals surface area contributed by atoms with Gasteiger partial charge in [0.2, 0.25) is 0 Å². The summed E-state index contributed by atoms with van der Waals surface area (Å²) >= 11 is 0. The second kappa shape index (κ2) is 5.66. The molecular formula is C13H18O2. The highest BCUT2D eigenvalue weighted by molar-refractivity contribution is 5.99. The Morgan fingerprint density at radius 3 is 2.33 bits per heavy atom. The van der Waals surface area contributed by atoms with Gasteiger partial charge in [-0.15, -0.1) is 0 Å². The van der Waals surface area contributed by atoms with E-state index in [1.807, 2.05) is 45.0 Å². The lowest BCUT2D eigenvalue weighted by molar-refractivity contribution is 0.0444. The molecule has 1 rings (SSSR count). The third-order valence-corrected chi connectivity index (χ3v) is 2.37. The van der Waals surface area contributed by atoms with Gasteiger partial charge in [0.15, 0.2) is 5.78 Å². The number of Topliss-reactive ketones (excluding diaryl/α,β-unsaturated/α-hetero) is 1. The zero-order valence-electron chi connectivity index (χ0n) is 9.62. The minimum absolute atomic E-state index is 0.0827. The van der Waals surface area contributed by atoms with Gasteiger partial charge in [-0.2, -0.15) is 0 Å². The van der Waals surface area contributed by atoms with Gasteiger partial charge in [0.1, 0.15) is 6.10 Å². The molecular weight excluding hydrogens is 188 g/mol. The van der Waals surface area contributed by atoms with Crippen LogP contribution >= 0.6 is 0 Å². The minimum atomic E-state index is -0.294. The number of ether oxygens (including phenoxy) is 1. The number of carbonyl (C=O) groups is 1. The molecule has 1 aromatic rings. The molecule has 0 radical (unpaired) electrons. The third-order valence-electron chi connectivity index (χ3n) is 2.37. The largest absolute Gasteiger partial charge is 0.370 e. The highest BCUT2D eigenvalue weighted by atomic mass is 16.5. The summed E-state index contributed by atoms with van der Waals surface area (Å²) in [5.41, 5.74) is 1.90. The molecule has 0 aromatic heterocycles. The van der Waals surface area contributed by atoms with Gasteiger partial charge in [-0.1, -0.05) is 36.8 Å². The number of ketones is 1. The first-order chi connectivity index (χ1) is 7.19. The van der Waals surface area contributed by atoms with E-state index in [0.717, 1.165) is 17.5 Å². The molecule has 0 bridgehead atoms. The Balaban J connectivity index is 2.78. The zero-order chi connectivity index (χ0) is 11.3. The van der Waals surface area contributed by atoms with Crippen LogP contribution in [0, 0.1) is 6.92 Å². The van der Waals surface area contributed by atoms with Crippen molar-refractivity contribution in [3.63, 3.8) is 0 Å². The van der Waals surface area contributed by atoms with E-state index in [9.17, 15) is 4.79 Å². The number of carbonyl (C=O) groups excluding carboxylic acids is 1. The zero-order valence-corrected chi connectivity index (χ0v) is 9.62. The van der Waals surface area contributed by atoms with Crippen LogP contribution in [0.2, 0.25) is 0 Å². The molecule has 0 heterocycles. The van der Waals surface area contributed by atoms with Gasteiger partial charge in [-0.05, 0) is 20.3 Å². The van der Waals surface area contributed by atoms with Crippen LogP contribution in [0.4, 0.5) is 0 Å². The molecule has 0 amide bonds. The third kappa shape index (κ3) is 3.17. The molecule has 1 atom stereocenters. The normalized spacial score (nSPS) is 12.5. The summed E-state index contributed by atoms with van der Waals surface area (Å²) in [4.78, 5) is 12.0. The molecule has 2 nitrogen and oxygen atoms in total. The van der Waals surface area contributed by atoms with E-state index < -0.39 is 0 Å². The van der Waals surface area contributed by atoms with Crippen LogP contribution in [-0.2, 0) is 4.74 Å². The molecule has 0 fully saturated rings. The lowest BCUT2D eigenvalue weighted by atomic mass is 10.0. The fourth-order valence-corrected chi connectivity index (χ4v) is 1.48. The summed E-state index contributed by atoms with van der Waals surface area (Å²) in [6.07, 6.45) is 0.429. The van der Waals surface area contributed by atoms with Crippen LogP contribution in [-0.4, -0.2) is 18.5 Å². The van der Waals surface area contributed by atoms with Gasteiger partial charge < -0.3 is 4.74 Å².